The minimum atomic E-state index is -0.210. The zero-order valence-electron chi connectivity index (χ0n) is 18.5. The predicted octanol–water partition coefficient (Wildman–Crippen LogP) is 1.96. The fourth-order valence-electron chi connectivity index (χ4n) is 4.27. The summed E-state index contributed by atoms with van der Waals surface area (Å²) in [6.45, 7) is 4.55. The average Bonchev–Trinajstić information content (AvgIpc) is 3.26. The van der Waals surface area contributed by atoms with Crippen molar-refractivity contribution in [2.75, 3.05) is 33.4 Å². The molecule has 1 fully saturated rings. The molecule has 32 heavy (non-hydrogen) atoms. The highest BCUT2D eigenvalue weighted by molar-refractivity contribution is 5.98. The summed E-state index contributed by atoms with van der Waals surface area (Å²) in [5.74, 6) is 0.00610. The second-order valence-corrected chi connectivity index (χ2v) is 8.00. The highest BCUT2D eigenvalue weighted by Gasteiger charge is 2.32. The van der Waals surface area contributed by atoms with E-state index >= 15 is 0 Å². The Labute approximate surface area is 186 Å². The first-order chi connectivity index (χ1) is 15.5. The summed E-state index contributed by atoms with van der Waals surface area (Å²) in [5.41, 5.74) is 1.61. The lowest BCUT2D eigenvalue weighted by Crippen LogP contribution is -2.41. The minimum Gasteiger partial charge on any atom is -0.496 e. The molecule has 0 saturated carbocycles. The number of rotatable bonds is 6. The van der Waals surface area contributed by atoms with Crippen LogP contribution in [0.5, 0.6) is 5.75 Å². The summed E-state index contributed by atoms with van der Waals surface area (Å²) in [4.78, 5) is 41.4. The van der Waals surface area contributed by atoms with Crippen molar-refractivity contribution in [1.29, 1.82) is 0 Å². The summed E-state index contributed by atoms with van der Waals surface area (Å²) in [6, 6.07) is 9.19. The van der Waals surface area contributed by atoms with E-state index in [-0.39, 0.29) is 29.4 Å². The number of methoxy groups -OCH3 is 1. The molecule has 4 rings (SSSR count). The third-order valence-corrected chi connectivity index (χ3v) is 6.04. The monoisotopic (exact) mass is 440 g/mol. The molecule has 0 aliphatic carbocycles. The van der Waals surface area contributed by atoms with E-state index in [2.05, 4.69) is 5.10 Å². The Kier molecular flexibility index (Phi) is 6.43. The van der Waals surface area contributed by atoms with Gasteiger partial charge >= 0.3 is 5.97 Å². The maximum atomic E-state index is 13.1. The molecular formula is C23H28N4O5. The van der Waals surface area contributed by atoms with Crippen molar-refractivity contribution in [2.45, 2.75) is 32.9 Å². The fourth-order valence-corrected chi connectivity index (χ4v) is 4.27. The molecule has 2 aromatic rings. The van der Waals surface area contributed by atoms with Crippen molar-refractivity contribution >= 4 is 17.8 Å². The van der Waals surface area contributed by atoms with Gasteiger partial charge in [0.25, 0.3) is 11.8 Å². The molecule has 2 aliphatic heterocycles. The molecular weight excluding hydrogens is 412 g/mol. The van der Waals surface area contributed by atoms with Gasteiger partial charge in [-0.1, -0.05) is 18.2 Å². The first kappa shape index (κ1) is 21.9. The number of benzene rings is 1. The predicted molar refractivity (Wildman–Crippen MR) is 115 cm³/mol. The van der Waals surface area contributed by atoms with Crippen molar-refractivity contribution in [3.8, 4) is 5.75 Å². The number of hydrogen-bond acceptors (Lipinski definition) is 6. The lowest BCUT2D eigenvalue weighted by atomic mass is 9.97. The second kappa shape index (κ2) is 9.42. The number of para-hydroxylation sites is 1. The number of hydrogen-bond donors (Lipinski definition) is 0. The van der Waals surface area contributed by atoms with Crippen molar-refractivity contribution in [2.24, 2.45) is 5.92 Å². The molecule has 170 valence electrons. The SMILES string of the molecule is CCOC(=O)C1CCN(C(=O)c2cc3n(n2)CCN(Cc2ccccc2OC)C3=O)CC1. The summed E-state index contributed by atoms with van der Waals surface area (Å²) < 4.78 is 12.1. The number of fused-ring (bicyclic) bond motifs is 1. The quantitative estimate of drug-likeness (QED) is 0.638. The van der Waals surface area contributed by atoms with Crippen molar-refractivity contribution in [3.63, 3.8) is 0 Å². The molecule has 9 heteroatoms. The van der Waals surface area contributed by atoms with Crippen molar-refractivity contribution in [3.05, 3.63) is 47.3 Å². The van der Waals surface area contributed by atoms with E-state index in [0.29, 0.717) is 57.9 Å². The Morgan fingerprint density at radius 3 is 2.59 bits per heavy atom. The van der Waals surface area contributed by atoms with Crippen LogP contribution in [0.4, 0.5) is 0 Å². The van der Waals surface area contributed by atoms with E-state index in [1.54, 1.807) is 34.6 Å². The molecule has 0 N–H and O–H groups in total. The van der Waals surface area contributed by atoms with Crippen molar-refractivity contribution in [1.82, 2.24) is 19.6 Å². The van der Waals surface area contributed by atoms with E-state index in [1.165, 1.54) is 0 Å². The Morgan fingerprint density at radius 2 is 1.88 bits per heavy atom. The molecule has 2 aliphatic rings. The molecule has 0 atom stereocenters. The molecule has 0 bridgehead atoms. The van der Waals surface area contributed by atoms with Gasteiger partial charge in [-0.05, 0) is 25.8 Å². The van der Waals surface area contributed by atoms with Gasteiger partial charge in [0.15, 0.2) is 5.69 Å². The zero-order valence-corrected chi connectivity index (χ0v) is 18.5. The first-order valence-electron chi connectivity index (χ1n) is 11.0. The maximum absolute atomic E-state index is 13.1. The van der Waals surface area contributed by atoms with E-state index in [4.69, 9.17) is 9.47 Å². The largest absolute Gasteiger partial charge is 0.496 e. The smallest absolute Gasteiger partial charge is 0.309 e. The van der Waals surface area contributed by atoms with Crippen LogP contribution in [0, 0.1) is 5.92 Å². The van der Waals surface area contributed by atoms with Gasteiger partial charge in [0.1, 0.15) is 11.4 Å². The van der Waals surface area contributed by atoms with Gasteiger partial charge in [0.05, 0.1) is 26.2 Å². The highest BCUT2D eigenvalue weighted by atomic mass is 16.5. The van der Waals surface area contributed by atoms with Gasteiger partial charge in [-0.25, -0.2) is 0 Å². The average molecular weight is 441 g/mol. The third kappa shape index (κ3) is 4.32. The number of carbonyl (C=O) groups is 3. The van der Waals surface area contributed by atoms with E-state index < -0.39 is 0 Å². The minimum absolute atomic E-state index is 0.158. The number of ether oxygens (including phenoxy) is 2. The lowest BCUT2D eigenvalue weighted by molar-refractivity contribution is -0.149. The number of nitrogens with zero attached hydrogens (tertiary/aromatic N) is 4. The molecule has 0 spiro atoms. The topological polar surface area (TPSA) is 94.0 Å². The van der Waals surface area contributed by atoms with Gasteiger partial charge in [-0.2, -0.15) is 5.10 Å². The fraction of sp³-hybridized carbons (Fsp3) is 0.478. The molecule has 1 aromatic heterocycles. The summed E-state index contributed by atoms with van der Waals surface area (Å²) in [6.07, 6.45) is 1.15. The third-order valence-electron chi connectivity index (χ3n) is 6.04. The lowest BCUT2D eigenvalue weighted by Gasteiger charge is -2.30. The van der Waals surface area contributed by atoms with Crippen LogP contribution in [0.1, 0.15) is 46.3 Å². The zero-order chi connectivity index (χ0) is 22.7. The molecule has 0 unspecified atom stereocenters. The van der Waals surface area contributed by atoms with E-state index in [0.717, 1.165) is 11.3 Å². The number of carbonyl (C=O) groups excluding carboxylic acids is 3. The number of likely N-dealkylation sites (tertiary alicyclic amines) is 1. The Morgan fingerprint density at radius 1 is 1.12 bits per heavy atom. The molecule has 3 heterocycles. The van der Waals surface area contributed by atoms with E-state index in [9.17, 15) is 14.4 Å². The molecule has 0 radical (unpaired) electrons. The van der Waals surface area contributed by atoms with Crippen LogP contribution in [0.2, 0.25) is 0 Å². The van der Waals surface area contributed by atoms with Gasteiger partial charge < -0.3 is 19.3 Å². The van der Waals surface area contributed by atoms with Crippen LogP contribution in [0.15, 0.2) is 30.3 Å². The molecule has 1 aromatic carbocycles. The molecule has 2 amide bonds. The van der Waals surface area contributed by atoms with Crippen LogP contribution in [-0.4, -0.2) is 70.7 Å². The van der Waals surface area contributed by atoms with Crippen LogP contribution in [-0.2, 0) is 22.6 Å². The summed E-state index contributed by atoms with van der Waals surface area (Å²) in [7, 11) is 1.61. The highest BCUT2D eigenvalue weighted by Crippen LogP contribution is 2.24. The number of esters is 1. The maximum Gasteiger partial charge on any atom is 0.309 e. The molecule has 1 saturated heterocycles. The van der Waals surface area contributed by atoms with E-state index in [1.807, 2.05) is 24.3 Å². The van der Waals surface area contributed by atoms with Gasteiger partial charge in [0.2, 0.25) is 0 Å². The molecule has 9 nitrogen and oxygen atoms in total. The van der Waals surface area contributed by atoms with Crippen molar-refractivity contribution < 1.29 is 23.9 Å². The normalized spacial score (nSPS) is 16.6. The van der Waals surface area contributed by atoms with Crippen LogP contribution < -0.4 is 4.74 Å². The van der Waals surface area contributed by atoms with Gasteiger partial charge in [0, 0.05) is 37.8 Å². The second-order valence-electron chi connectivity index (χ2n) is 8.00. The van der Waals surface area contributed by atoms with Crippen LogP contribution in [0.25, 0.3) is 0 Å². The number of amides is 2. The number of piperidine rings is 1. The Balaban J connectivity index is 1.42. The number of aromatic nitrogens is 2. The van der Waals surface area contributed by atoms with Gasteiger partial charge in [-0.3, -0.25) is 19.1 Å². The summed E-state index contributed by atoms with van der Waals surface area (Å²) >= 11 is 0. The van der Waals surface area contributed by atoms with Crippen LogP contribution >= 0.6 is 0 Å². The standard InChI is InChI=1S/C23H28N4O5/c1-3-32-23(30)16-8-10-25(11-9-16)21(28)18-14-19-22(29)26(12-13-27(19)24-18)15-17-6-4-5-7-20(17)31-2/h4-7,14,16H,3,8-13,15H2,1-2H3. The van der Waals surface area contributed by atoms with Crippen LogP contribution in [0.3, 0.4) is 0 Å². The first-order valence-corrected chi connectivity index (χ1v) is 11.0. The van der Waals surface area contributed by atoms with Gasteiger partial charge in [-0.15, -0.1) is 0 Å². The Hall–Kier alpha value is -3.36. The Bertz CT molecular complexity index is 1010. The summed E-state index contributed by atoms with van der Waals surface area (Å²) in [5, 5.41) is 4.40.